The number of rotatable bonds is 7. The number of nitrogens with zero attached hydrogens (tertiary/aromatic N) is 1. The van der Waals surface area contributed by atoms with Crippen LogP contribution in [0.25, 0.3) is 33.4 Å². The van der Waals surface area contributed by atoms with E-state index in [-0.39, 0.29) is 0 Å². The molecular formula is C49H34BrN. The van der Waals surface area contributed by atoms with Crippen LogP contribution in [-0.2, 0) is 5.41 Å². The molecule has 0 fully saturated rings. The van der Waals surface area contributed by atoms with E-state index >= 15 is 0 Å². The van der Waals surface area contributed by atoms with Crippen LogP contribution >= 0.6 is 15.9 Å². The van der Waals surface area contributed by atoms with Crippen LogP contribution in [0.4, 0.5) is 17.1 Å². The second-order valence-electron chi connectivity index (χ2n) is 13.0. The van der Waals surface area contributed by atoms with E-state index < -0.39 is 5.41 Å². The molecule has 8 aromatic carbocycles. The van der Waals surface area contributed by atoms with Crippen molar-refractivity contribution in [3.8, 4) is 33.4 Å². The third-order valence-corrected chi connectivity index (χ3v) is 10.9. The van der Waals surface area contributed by atoms with Crippen molar-refractivity contribution in [3.63, 3.8) is 0 Å². The fraction of sp³-hybridized carbons (Fsp3) is 0.0204. The predicted octanol–water partition coefficient (Wildman–Crippen LogP) is 13.6. The lowest BCUT2D eigenvalue weighted by Crippen LogP contribution is -2.29. The summed E-state index contributed by atoms with van der Waals surface area (Å²) in [4.78, 5) is 2.43. The van der Waals surface area contributed by atoms with Gasteiger partial charge in [0.1, 0.15) is 0 Å². The van der Waals surface area contributed by atoms with Gasteiger partial charge in [0.15, 0.2) is 0 Å². The molecule has 0 aliphatic heterocycles. The van der Waals surface area contributed by atoms with Crippen LogP contribution in [0, 0.1) is 0 Å². The first kappa shape index (κ1) is 31.1. The van der Waals surface area contributed by atoms with Gasteiger partial charge in [-0.2, -0.15) is 0 Å². The zero-order valence-corrected chi connectivity index (χ0v) is 29.5. The minimum atomic E-state index is -0.525. The first-order chi connectivity index (χ1) is 25.2. The Balaban J connectivity index is 1.30. The quantitative estimate of drug-likeness (QED) is 0.159. The molecule has 0 saturated heterocycles. The zero-order chi connectivity index (χ0) is 34.2. The zero-order valence-electron chi connectivity index (χ0n) is 28.0. The molecule has 242 valence electrons. The number of fused-ring (bicyclic) bond motifs is 3. The van der Waals surface area contributed by atoms with Crippen molar-refractivity contribution in [1.82, 2.24) is 0 Å². The Labute approximate surface area is 308 Å². The van der Waals surface area contributed by atoms with Crippen molar-refractivity contribution >= 4 is 33.0 Å². The Morgan fingerprint density at radius 3 is 1.37 bits per heavy atom. The highest BCUT2D eigenvalue weighted by molar-refractivity contribution is 9.10. The van der Waals surface area contributed by atoms with E-state index in [1.165, 1.54) is 55.6 Å². The maximum absolute atomic E-state index is 4.00. The molecule has 9 rings (SSSR count). The van der Waals surface area contributed by atoms with Gasteiger partial charge < -0.3 is 4.90 Å². The highest BCUT2D eigenvalue weighted by Gasteiger charge is 2.48. The lowest BCUT2D eigenvalue weighted by molar-refractivity contribution is 0.764. The SMILES string of the molecule is Brc1ccccc1[C@@]1(c2ccccc2)c2ccccc2-c2c(N(c3ccc(-c4ccccc4)cc3)c3ccc(-c4ccccc4)cc3)cccc21. The summed E-state index contributed by atoms with van der Waals surface area (Å²) in [5.74, 6) is 0. The number of benzene rings is 8. The highest BCUT2D eigenvalue weighted by Crippen LogP contribution is 2.60. The molecule has 1 atom stereocenters. The average molecular weight is 717 g/mol. The smallest absolute Gasteiger partial charge is 0.0725 e. The van der Waals surface area contributed by atoms with E-state index in [0.29, 0.717) is 0 Å². The number of halogens is 1. The van der Waals surface area contributed by atoms with Crippen LogP contribution < -0.4 is 4.90 Å². The molecule has 0 heterocycles. The lowest BCUT2D eigenvalue weighted by atomic mass is 9.67. The van der Waals surface area contributed by atoms with Crippen molar-refractivity contribution in [2.45, 2.75) is 5.41 Å². The van der Waals surface area contributed by atoms with Gasteiger partial charge in [0, 0.05) is 21.4 Å². The van der Waals surface area contributed by atoms with Crippen LogP contribution in [0.5, 0.6) is 0 Å². The summed E-state index contributed by atoms with van der Waals surface area (Å²) in [7, 11) is 0. The van der Waals surface area contributed by atoms with Gasteiger partial charge in [0.25, 0.3) is 0 Å². The van der Waals surface area contributed by atoms with Gasteiger partial charge in [-0.15, -0.1) is 0 Å². The molecule has 8 aromatic rings. The molecule has 51 heavy (non-hydrogen) atoms. The van der Waals surface area contributed by atoms with Gasteiger partial charge in [-0.1, -0.05) is 186 Å². The first-order valence-corrected chi connectivity index (χ1v) is 18.2. The average Bonchev–Trinajstić information content (AvgIpc) is 3.51. The molecule has 2 heteroatoms. The minimum absolute atomic E-state index is 0.525. The fourth-order valence-electron chi connectivity index (χ4n) is 8.00. The second kappa shape index (κ2) is 13.1. The van der Waals surface area contributed by atoms with Crippen LogP contribution in [0.15, 0.2) is 211 Å². The standard InChI is InChI=1S/C49H34BrN/c50-46-25-13-12-23-44(46)49(39-19-8-3-9-20-39)43-22-11-10-21-42(43)48-45(49)24-14-26-47(48)51(40-31-27-37(28-32-40)35-15-4-1-5-16-35)41-33-29-38(30-34-41)36-17-6-2-7-18-36/h1-34H/t49-/m1/s1. The summed E-state index contributed by atoms with van der Waals surface area (Å²) in [6.07, 6.45) is 0. The van der Waals surface area contributed by atoms with E-state index in [1.54, 1.807) is 0 Å². The van der Waals surface area contributed by atoms with Gasteiger partial charge >= 0.3 is 0 Å². The van der Waals surface area contributed by atoms with E-state index in [1.807, 2.05) is 0 Å². The Hall–Kier alpha value is -5.96. The molecule has 0 spiro atoms. The van der Waals surface area contributed by atoms with Gasteiger partial charge in [-0.25, -0.2) is 0 Å². The molecular weight excluding hydrogens is 682 g/mol. The Morgan fingerprint density at radius 2 is 0.804 bits per heavy atom. The monoisotopic (exact) mass is 715 g/mol. The van der Waals surface area contributed by atoms with E-state index in [4.69, 9.17) is 0 Å². The normalized spacial score (nSPS) is 14.5. The lowest BCUT2D eigenvalue weighted by Gasteiger charge is -2.35. The van der Waals surface area contributed by atoms with E-state index in [9.17, 15) is 0 Å². The molecule has 0 radical (unpaired) electrons. The number of hydrogen-bond donors (Lipinski definition) is 0. The summed E-state index contributed by atoms with van der Waals surface area (Å²) in [5.41, 5.74) is 15.1. The summed E-state index contributed by atoms with van der Waals surface area (Å²) in [6, 6.07) is 74.7. The van der Waals surface area contributed by atoms with Crippen LogP contribution in [0.2, 0.25) is 0 Å². The molecule has 0 unspecified atom stereocenters. The Kier molecular flexibility index (Phi) is 7.95. The number of anilines is 3. The van der Waals surface area contributed by atoms with Gasteiger partial charge in [0.2, 0.25) is 0 Å². The summed E-state index contributed by atoms with van der Waals surface area (Å²) >= 11 is 4.00. The molecule has 0 amide bonds. The van der Waals surface area contributed by atoms with Crippen molar-refractivity contribution in [2.24, 2.45) is 0 Å². The fourth-order valence-corrected chi connectivity index (χ4v) is 8.58. The van der Waals surface area contributed by atoms with Crippen molar-refractivity contribution in [3.05, 3.63) is 233 Å². The molecule has 0 bridgehead atoms. The predicted molar refractivity (Wildman–Crippen MR) is 217 cm³/mol. The van der Waals surface area contributed by atoms with Gasteiger partial charge in [-0.3, -0.25) is 0 Å². The molecule has 1 aliphatic carbocycles. The largest absolute Gasteiger partial charge is 0.310 e. The summed E-state index contributed by atoms with van der Waals surface area (Å²) in [5, 5.41) is 0. The van der Waals surface area contributed by atoms with Crippen molar-refractivity contribution < 1.29 is 0 Å². The van der Waals surface area contributed by atoms with Crippen LogP contribution in [0.3, 0.4) is 0 Å². The summed E-state index contributed by atoms with van der Waals surface area (Å²) < 4.78 is 1.09. The van der Waals surface area contributed by atoms with Crippen molar-refractivity contribution in [1.29, 1.82) is 0 Å². The van der Waals surface area contributed by atoms with Gasteiger partial charge in [0.05, 0.1) is 11.1 Å². The Morgan fingerprint density at radius 1 is 0.353 bits per heavy atom. The Bertz CT molecular complexity index is 2370. The van der Waals surface area contributed by atoms with E-state index in [0.717, 1.165) is 21.5 Å². The minimum Gasteiger partial charge on any atom is -0.310 e. The van der Waals surface area contributed by atoms with Crippen molar-refractivity contribution in [2.75, 3.05) is 4.90 Å². The van der Waals surface area contributed by atoms with Crippen LogP contribution in [0.1, 0.15) is 22.3 Å². The first-order valence-electron chi connectivity index (χ1n) is 17.4. The van der Waals surface area contributed by atoms with Crippen LogP contribution in [-0.4, -0.2) is 0 Å². The molecule has 1 aliphatic rings. The van der Waals surface area contributed by atoms with Gasteiger partial charge in [-0.05, 0) is 86.5 Å². The third kappa shape index (κ3) is 5.23. The maximum atomic E-state index is 4.00. The molecule has 1 nitrogen and oxygen atoms in total. The topological polar surface area (TPSA) is 3.24 Å². The number of hydrogen-bond acceptors (Lipinski definition) is 1. The second-order valence-corrected chi connectivity index (χ2v) is 13.9. The maximum Gasteiger partial charge on any atom is 0.0725 e. The molecule has 0 saturated carbocycles. The molecule has 0 N–H and O–H groups in total. The van der Waals surface area contributed by atoms with E-state index in [2.05, 4.69) is 227 Å². The third-order valence-electron chi connectivity index (χ3n) is 10.2. The highest BCUT2D eigenvalue weighted by atomic mass is 79.9. The summed E-state index contributed by atoms with van der Waals surface area (Å²) in [6.45, 7) is 0. The molecule has 0 aromatic heterocycles.